The Morgan fingerprint density at radius 3 is 2.62 bits per heavy atom. The van der Waals surface area contributed by atoms with Gasteiger partial charge in [-0.05, 0) is 25.3 Å². The average molecular weight is 226 g/mol. The molecule has 0 spiro atoms. The summed E-state index contributed by atoms with van der Waals surface area (Å²) in [6, 6.07) is 0.437. The summed E-state index contributed by atoms with van der Waals surface area (Å²) < 4.78 is 0. The molecule has 1 unspecified atom stereocenters. The number of rotatable bonds is 6. The quantitative estimate of drug-likeness (QED) is 0.728. The van der Waals surface area contributed by atoms with Gasteiger partial charge < -0.3 is 10.6 Å². The number of hydrogen-bond acceptors (Lipinski definition) is 2. The van der Waals surface area contributed by atoms with Crippen molar-refractivity contribution in [2.75, 3.05) is 13.1 Å². The lowest BCUT2D eigenvalue weighted by atomic mass is 9.95. The molecule has 2 N–H and O–H groups in total. The summed E-state index contributed by atoms with van der Waals surface area (Å²) in [7, 11) is 0. The van der Waals surface area contributed by atoms with Gasteiger partial charge in [0.15, 0.2) is 0 Å². The maximum Gasteiger partial charge on any atom is 0.234 e. The number of amides is 1. The van der Waals surface area contributed by atoms with E-state index in [0.717, 1.165) is 25.8 Å². The van der Waals surface area contributed by atoms with Gasteiger partial charge >= 0.3 is 0 Å². The summed E-state index contributed by atoms with van der Waals surface area (Å²) in [6.45, 7) is 5.79. The Bertz CT molecular complexity index is 200. The molecule has 0 radical (unpaired) electrons. The molecule has 1 aliphatic rings. The van der Waals surface area contributed by atoms with Crippen LogP contribution in [0.1, 0.15) is 52.4 Å². The second-order valence-electron chi connectivity index (χ2n) is 5.05. The second kappa shape index (κ2) is 7.66. The molecule has 1 fully saturated rings. The highest BCUT2D eigenvalue weighted by Gasteiger charge is 2.15. The Morgan fingerprint density at radius 2 is 2.00 bits per heavy atom. The van der Waals surface area contributed by atoms with Crippen molar-refractivity contribution < 1.29 is 4.79 Å². The maximum absolute atomic E-state index is 11.6. The van der Waals surface area contributed by atoms with E-state index in [1.807, 2.05) is 0 Å². The summed E-state index contributed by atoms with van der Waals surface area (Å²) in [5.41, 5.74) is 0. The van der Waals surface area contributed by atoms with Gasteiger partial charge in [0.05, 0.1) is 6.54 Å². The van der Waals surface area contributed by atoms with Crippen molar-refractivity contribution in [2.45, 2.75) is 58.4 Å². The van der Waals surface area contributed by atoms with Gasteiger partial charge in [-0.1, -0.05) is 39.5 Å². The van der Waals surface area contributed by atoms with Crippen molar-refractivity contribution in [2.24, 2.45) is 5.92 Å². The summed E-state index contributed by atoms with van der Waals surface area (Å²) in [4.78, 5) is 11.6. The number of carbonyl (C=O) groups excluding carboxylic acids is 1. The van der Waals surface area contributed by atoms with Crippen LogP contribution in [0.15, 0.2) is 0 Å². The predicted octanol–water partition coefficient (Wildman–Crippen LogP) is 2.07. The lowest BCUT2D eigenvalue weighted by Crippen LogP contribution is -2.42. The molecule has 3 nitrogen and oxygen atoms in total. The molecule has 1 rings (SSSR count). The Kier molecular flexibility index (Phi) is 6.46. The van der Waals surface area contributed by atoms with Gasteiger partial charge in [-0.25, -0.2) is 0 Å². The van der Waals surface area contributed by atoms with Crippen molar-refractivity contribution in [3.05, 3.63) is 0 Å². The topological polar surface area (TPSA) is 41.1 Å². The fraction of sp³-hybridized carbons (Fsp3) is 0.923. The Hall–Kier alpha value is -0.570. The number of carbonyl (C=O) groups is 1. The SMILES string of the molecule is CCC(C)CNCC(=O)NC1CCCCC1. The molecule has 1 atom stereocenters. The lowest BCUT2D eigenvalue weighted by Gasteiger charge is -2.23. The predicted molar refractivity (Wildman–Crippen MR) is 67.3 cm³/mol. The Balaban J connectivity index is 2.05. The van der Waals surface area contributed by atoms with E-state index >= 15 is 0 Å². The van der Waals surface area contributed by atoms with Gasteiger partial charge in [-0.15, -0.1) is 0 Å². The van der Waals surface area contributed by atoms with Crippen LogP contribution in [0.25, 0.3) is 0 Å². The molecular weight excluding hydrogens is 200 g/mol. The van der Waals surface area contributed by atoms with E-state index in [9.17, 15) is 4.79 Å². The molecule has 94 valence electrons. The van der Waals surface area contributed by atoms with E-state index < -0.39 is 0 Å². The highest BCUT2D eigenvalue weighted by molar-refractivity contribution is 5.78. The van der Waals surface area contributed by atoms with Crippen molar-refractivity contribution in [1.29, 1.82) is 0 Å². The van der Waals surface area contributed by atoms with E-state index in [2.05, 4.69) is 24.5 Å². The molecule has 0 saturated heterocycles. The van der Waals surface area contributed by atoms with Crippen molar-refractivity contribution in [3.63, 3.8) is 0 Å². The minimum absolute atomic E-state index is 0.162. The van der Waals surface area contributed by atoms with Crippen LogP contribution in [0.4, 0.5) is 0 Å². The van der Waals surface area contributed by atoms with E-state index in [1.165, 1.54) is 19.3 Å². The summed E-state index contributed by atoms with van der Waals surface area (Å²) >= 11 is 0. The molecule has 0 aliphatic heterocycles. The van der Waals surface area contributed by atoms with E-state index in [0.29, 0.717) is 18.5 Å². The summed E-state index contributed by atoms with van der Waals surface area (Å²) in [6.07, 6.45) is 7.36. The maximum atomic E-state index is 11.6. The zero-order valence-corrected chi connectivity index (χ0v) is 10.7. The van der Waals surface area contributed by atoms with E-state index in [4.69, 9.17) is 0 Å². The van der Waals surface area contributed by atoms with Gasteiger partial charge in [-0.3, -0.25) is 4.79 Å². The smallest absolute Gasteiger partial charge is 0.234 e. The first kappa shape index (κ1) is 13.5. The van der Waals surface area contributed by atoms with Gasteiger partial charge in [0.2, 0.25) is 5.91 Å². The van der Waals surface area contributed by atoms with Gasteiger partial charge in [-0.2, -0.15) is 0 Å². The van der Waals surface area contributed by atoms with Crippen molar-refractivity contribution in [1.82, 2.24) is 10.6 Å². The van der Waals surface area contributed by atoms with Gasteiger partial charge in [0.25, 0.3) is 0 Å². The Morgan fingerprint density at radius 1 is 1.31 bits per heavy atom. The largest absolute Gasteiger partial charge is 0.352 e. The summed E-state index contributed by atoms with van der Waals surface area (Å²) in [5, 5.41) is 6.32. The molecule has 16 heavy (non-hydrogen) atoms. The fourth-order valence-corrected chi connectivity index (χ4v) is 2.10. The van der Waals surface area contributed by atoms with Gasteiger partial charge in [0, 0.05) is 6.04 Å². The van der Waals surface area contributed by atoms with E-state index in [1.54, 1.807) is 0 Å². The van der Waals surface area contributed by atoms with Gasteiger partial charge in [0.1, 0.15) is 0 Å². The molecule has 0 heterocycles. The molecule has 3 heteroatoms. The zero-order valence-electron chi connectivity index (χ0n) is 10.7. The molecular formula is C13H26N2O. The minimum atomic E-state index is 0.162. The highest BCUT2D eigenvalue weighted by Crippen LogP contribution is 2.16. The molecule has 0 aromatic heterocycles. The Labute approximate surface area is 99.4 Å². The monoisotopic (exact) mass is 226 g/mol. The average Bonchev–Trinajstić information content (AvgIpc) is 2.30. The van der Waals surface area contributed by atoms with Crippen LogP contribution in [0.3, 0.4) is 0 Å². The first-order chi connectivity index (χ1) is 7.72. The standard InChI is InChI=1S/C13H26N2O/c1-3-11(2)9-14-10-13(16)15-12-7-5-4-6-8-12/h11-12,14H,3-10H2,1-2H3,(H,15,16). The fourth-order valence-electron chi connectivity index (χ4n) is 2.10. The van der Waals surface area contributed by atoms with E-state index in [-0.39, 0.29) is 5.91 Å². The number of hydrogen-bond donors (Lipinski definition) is 2. The first-order valence-corrected chi connectivity index (χ1v) is 6.72. The minimum Gasteiger partial charge on any atom is -0.352 e. The van der Waals surface area contributed by atoms with Crippen LogP contribution < -0.4 is 10.6 Å². The van der Waals surface area contributed by atoms with Crippen molar-refractivity contribution in [3.8, 4) is 0 Å². The van der Waals surface area contributed by atoms with Crippen LogP contribution in [0.2, 0.25) is 0 Å². The molecule has 1 saturated carbocycles. The molecule has 0 aromatic carbocycles. The van der Waals surface area contributed by atoms with Crippen LogP contribution in [-0.2, 0) is 4.79 Å². The zero-order chi connectivity index (χ0) is 11.8. The normalized spacial score (nSPS) is 19.4. The molecule has 1 aliphatic carbocycles. The third-order valence-corrected chi connectivity index (χ3v) is 3.45. The first-order valence-electron chi connectivity index (χ1n) is 6.72. The second-order valence-corrected chi connectivity index (χ2v) is 5.05. The highest BCUT2D eigenvalue weighted by atomic mass is 16.1. The molecule has 0 aromatic rings. The van der Waals surface area contributed by atoms with Crippen LogP contribution in [0.5, 0.6) is 0 Å². The van der Waals surface area contributed by atoms with Crippen LogP contribution in [-0.4, -0.2) is 25.0 Å². The third kappa shape index (κ3) is 5.50. The molecule has 1 amide bonds. The van der Waals surface area contributed by atoms with Crippen LogP contribution >= 0.6 is 0 Å². The summed E-state index contributed by atoms with van der Waals surface area (Å²) in [5.74, 6) is 0.817. The lowest BCUT2D eigenvalue weighted by molar-refractivity contribution is -0.121. The van der Waals surface area contributed by atoms with Crippen molar-refractivity contribution >= 4 is 5.91 Å². The number of nitrogens with one attached hydrogen (secondary N) is 2. The van der Waals surface area contributed by atoms with Crippen LogP contribution in [0, 0.1) is 5.92 Å². The third-order valence-electron chi connectivity index (χ3n) is 3.45. The molecule has 0 bridgehead atoms.